The van der Waals surface area contributed by atoms with Crippen molar-refractivity contribution in [2.45, 2.75) is 0 Å². The summed E-state index contributed by atoms with van der Waals surface area (Å²) < 4.78 is 21.3. The maximum absolute atomic E-state index is 12.5. The molecule has 0 saturated heterocycles. The van der Waals surface area contributed by atoms with E-state index in [4.69, 9.17) is 18.9 Å². The van der Waals surface area contributed by atoms with E-state index in [1.807, 2.05) is 0 Å². The fraction of sp³-hybridized carbons (Fsp3) is 0.200. The molecule has 1 heterocycles. The second-order valence-electron chi connectivity index (χ2n) is 5.72. The minimum atomic E-state index is -0.404. The zero-order valence-corrected chi connectivity index (χ0v) is 16.0. The number of nitrogens with one attached hydrogen (secondary N) is 2. The second-order valence-corrected chi connectivity index (χ2v) is 5.72. The summed E-state index contributed by atoms with van der Waals surface area (Å²) in [6.45, 7) is 0. The van der Waals surface area contributed by atoms with Crippen molar-refractivity contribution in [3.8, 4) is 23.0 Å². The summed E-state index contributed by atoms with van der Waals surface area (Å²) in [6, 6.07) is 10.6. The molecule has 0 unspecified atom stereocenters. The first kappa shape index (κ1) is 19.1. The SMILES string of the molecule is COc1cccc(/C=N/NC(=O)c2cc3c(OC)ccc(OC)c3[nH]2)c1OC. The first-order valence-corrected chi connectivity index (χ1v) is 8.41. The van der Waals surface area contributed by atoms with Crippen LogP contribution in [0.15, 0.2) is 41.5 Å². The Kier molecular flexibility index (Phi) is 5.69. The number of hydrogen-bond acceptors (Lipinski definition) is 6. The Balaban J connectivity index is 1.83. The topological polar surface area (TPSA) is 94.2 Å². The highest BCUT2D eigenvalue weighted by Crippen LogP contribution is 2.33. The molecule has 146 valence electrons. The Morgan fingerprint density at radius 3 is 2.36 bits per heavy atom. The lowest BCUT2D eigenvalue weighted by Gasteiger charge is -2.09. The molecule has 2 aromatic carbocycles. The van der Waals surface area contributed by atoms with Crippen LogP contribution in [0.1, 0.15) is 16.1 Å². The molecule has 8 nitrogen and oxygen atoms in total. The highest BCUT2D eigenvalue weighted by atomic mass is 16.5. The molecule has 28 heavy (non-hydrogen) atoms. The van der Waals surface area contributed by atoms with Crippen LogP contribution in [0.3, 0.4) is 0 Å². The summed E-state index contributed by atoms with van der Waals surface area (Å²) in [5, 5.41) is 4.76. The average molecular weight is 383 g/mol. The van der Waals surface area contributed by atoms with E-state index in [2.05, 4.69) is 15.5 Å². The fourth-order valence-electron chi connectivity index (χ4n) is 2.87. The summed E-state index contributed by atoms with van der Waals surface area (Å²) in [5.74, 6) is 1.95. The smallest absolute Gasteiger partial charge is 0.287 e. The van der Waals surface area contributed by atoms with Gasteiger partial charge in [-0.1, -0.05) is 6.07 Å². The van der Waals surface area contributed by atoms with Crippen molar-refractivity contribution in [2.24, 2.45) is 5.10 Å². The van der Waals surface area contributed by atoms with Crippen LogP contribution in [0.2, 0.25) is 0 Å². The number of aromatic amines is 1. The van der Waals surface area contributed by atoms with E-state index in [0.717, 1.165) is 5.39 Å². The van der Waals surface area contributed by atoms with Crippen LogP contribution in [0.4, 0.5) is 0 Å². The number of hydrogen-bond donors (Lipinski definition) is 2. The van der Waals surface area contributed by atoms with Gasteiger partial charge in [-0.15, -0.1) is 0 Å². The number of ether oxygens (including phenoxy) is 4. The first-order chi connectivity index (χ1) is 13.6. The molecule has 0 aliphatic carbocycles. The van der Waals surface area contributed by atoms with Gasteiger partial charge in [0.15, 0.2) is 11.5 Å². The van der Waals surface area contributed by atoms with Gasteiger partial charge in [0, 0.05) is 10.9 Å². The van der Waals surface area contributed by atoms with Crippen LogP contribution in [-0.2, 0) is 0 Å². The minimum Gasteiger partial charge on any atom is -0.496 e. The zero-order chi connectivity index (χ0) is 20.1. The number of nitrogens with zero attached hydrogens (tertiary/aromatic N) is 1. The lowest BCUT2D eigenvalue weighted by molar-refractivity contribution is 0.0951. The van der Waals surface area contributed by atoms with Crippen molar-refractivity contribution in [2.75, 3.05) is 28.4 Å². The molecule has 8 heteroatoms. The standard InChI is InChI=1S/C20H21N3O5/c1-25-15-8-9-16(26-2)18-13(15)10-14(22-18)20(24)23-21-11-12-6-5-7-17(27-3)19(12)28-4/h5-11,22H,1-4H3,(H,23,24)/b21-11+. The van der Waals surface area contributed by atoms with Crippen molar-refractivity contribution in [1.29, 1.82) is 0 Å². The Bertz CT molecular complexity index is 985. The number of para-hydroxylation sites is 1. The summed E-state index contributed by atoms with van der Waals surface area (Å²) in [7, 11) is 6.23. The maximum Gasteiger partial charge on any atom is 0.287 e. The van der Waals surface area contributed by atoms with E-state index >= 15 is 0 Å². The van der Waals surface area contributed by atoms with Gasteiger partial charge in [0.25, 0.3) is 5.91 Å². The Hall–Kier alpha value is -3.68. The van der Waals surface area contributed by atoms with Gasteiger partial charge in [0.2, 0.25) is 0 Å². The number of methoxy groups -OCH3 is 4. The van der Waals surface area contributed by atoms with Crippen molar-refractivity contribution in [3.63, 3.8) is 0 Å². The molecular formula is C20H21N3O5. The third kappa shape index (κ3) is 3.57. The van der Waals surface area contributed by atoms with Crippen LogP contribution in [0.5, 0.6) is 23.0 Å². The second kappa shape index (κ2) is 8.34. The molecule has 0 saturated carbocycles. The number of fused-ring (bicyclic) bond motifs is 1. The zero-order valence-electron chi connectivity index (χ0n) is 16.0. The van der Waals surface area contributed by atoms with E-state index in [1.54, 1.807) is 64.8 Å². The number of amides is 1. The summed E-state index contributed by atoms with van der Waals surface area (Å²) in [5.41, 5.74) is 4.16. The average Bonchev–Trinajstić information content (AvgIpc) is 3.18. The molecule has 0 bridgehead atoms. The number of rotatable bonds is 7. The lowest BCUT2D eigenvalue weighted by Crippen LogP contribution is -2.18. The molecule has 0 fully saturated rings. The van der Waals surface area contributed by atoms with Crippen molar-refractivity contribution >= 4 is 23.0 Å². The van der Waals surface area contributed by atoms with Gasteiger partial charge in [-0.2, -0.15) is 5.10 Å². The van der Waals surface area contributed by atoms with E-state index in [9.17, 15) is 4.79 Å². The lowest BCUT2D eigenvalue weighted by atomic mass is 10.2. The summed E-state index contributed by atoms with van der Waals surface area (Å²) in [4.78, 5) is 15.5. The fourth-order valence-corrected chi connectivity index (χ4v) is 2.87. The van der Waals surface area contributed by atoms with Crippen LogP contribution in [0.25, 0.3) is 10.9 Å². The van der Waals surface area contributed by atoms with Crippen LogP contribution >= 0.6 is 0 Å². The molecule has 1 aromatic heterocycles. The first-order valence-electron chi connectivity index (χ1n) is 8.41. The number of benzene rings is 2. The number of carbonyl (C=O) groups excluding carboxylic acids is 1. The van der Waals surface area contributed by atoms with Crippen molar-refractivity contribution in [3.05, 3.63) is 47.7 Å². The minimum absolute atomic E-state index is 0.326. The normalized spacial score (nSPS) is 10.9. The quantitative estimate of drug-likeness (QED) is 0.483. The van der Waals surface area contributed by atoms with Crippen LogP contribution in [0, 0.1) is 0 Å². The third-order valence-electron chi connectivity index (χ3n) is 4.20. The Morgan fingerprint density at radius 1 is 0.964 bits per heavy atom. The molecule has 3 aromatic rings. The molecule has 0 spiro atoms. The van der Waals surface area contributed by atoms with Gasteiger partial charge in [0.05, 0.1) is 40.2 Å². The van der Waals surface area contributed by atoms with Crippen LogP contribution < -0.4 is 24.4 Å². The molecule has 0 atom stereocenters. The molecule has 1 amide bonds. The van der Waals surface area contributed by atoms with Crippen LogP contribution in [-0.4, -0.2) is 45.5 Å². The van der Waals surface area contributed by atoms with Crippen molar-refractivity contribution in [1.82, 2.24) is 10.4 Å². The largest absolute Gasteiger partial charge is 0.496 e. The molecular weight excluding hydrogens is 362 g/mol. The van der Waals surface area contributed by atoms with Gasteiger partial charge in [-0.3, -0.25) is 4.79 Å². The van der Waals surface area contributed by atoms with Crippen molar-refractivity contribution < 1.29 is 23.7 Å². The van der Waals surface area contributed by atoms with Gasteiger partial charge in [0.1, 0.15) is 17.2 Å². The summed E-state index contributed by atoms with van der Waals surface area (Å²) >= 11 is 0. The van der Waals surface area contributed by atoms with E-state index in [0.29, 0.717) is 39.8 Å². The predicted octanol–water partition coefficient (Wildman–Crippen LogP) is 2.97. The number of H-pyrrole nitrogens is 1. The number of carbonyl (C=O) groups is 1. The molecule has 3 rings (SSSR count). The number of hydrazone groups is 1. The van der Waals surface area contributed by atoms with E-state index < -0.39 is 5.91 Å². The Morgan fingerprint density at radius 2 is 1.68 bits per heavy atom. The third-order valence-corrected chi connectivity index (χ3v) is 4.20. The highest BCUT2D eigenvalue weighted by molar-refractivity contribution is 6.01. The molecule has 2 N–H and O–H groups in total. The van der Waals surface area contributed by atoms with Gasteiger partial charge >= 0.3 is 0 Å². The maximum atomic E-state index is 12.5. The molecule has 0 aliphatic rings. The van der Waals surface area contributed by atoms with E-state index in [-0.39, 0.29) is 0 Å². The highest BCUT2D eigenvalue weighted by Gasteiger charge is 2.15. The van der Waals surface area contributed by atoms with Gasteiger partial charge in [-0.05, 0) is 30.3 Å². The van der Waals surface area contributed by atoms with Gasteiger partial charge in [-0.25, -0.2) is 5.43 Å². The molecule has 0 aliphatic heterocycles. The summed E-state index contributed by atoms with van der Waals surface area (Å²) in [6.07, 6.45) is 1.49. The van der Waals surface area contributed by atoms with E-state index in [1.165, 1.54) is 6.21 Å². The monoisotopic (exact) mass is 383 g/mol. The Labute approximate surface area is 162 Å². The number of aromatic nitrogens is 1. The molecule has 0 radical (unpaired) electrons. The van der Waals surface area contributed by atoms with Gasteiger partial charge < -0.3 is 23.9 Å². The predicted molar refractivity (Wildman–Crippen MR) is 106 cm³/mol.